The Labute approximate surface area is 100 Å². The zero-order valence-corrected chi connectivity index (χ0v) is 10.6. The summed E-state index contributed by atoms with van der Waals surface area (Å²) in [6.07, 6.45) is 0. The zero-order chi connectivity index (χ0) is 13.6. The summed E-state index contributed by atoms with van der Waals surface area (Å²) in [5, 5.41) is 10.9. The monoisotopic (exact) mass is 245 g/mol. The van der Waals surface area contributed by atoms with Crippen molar-refractivity contribution < 1.29 is 19.5 Å². The van der Waals surface area contributed by atoms with Crippen molar-refractivity contribution in [3.05, 3.63) is 0 Å². The Morgan fingerprint density at radius 3 is 2.18 bits per heavy atom. The maximum absolute atomic E-state index is 11.6. The maximum Gasteiger partial charge on any atom is 0.325 e. The van der Waals surface area contributed by atoms with Gasteiger partial charge in [-0.15, -0.1) is 0 Å². The van der Waals surface area contributed by atoms with Gasteiger partial charge in [-0.1, -0.05) is 0 Å². The number of rotatable bonds is 5. The molecule has 7 heteroatoms. The highest BCUT2D eigenvalue weighted by molar-refractivity contribution is 5.86. The van der Waals surface area contributed by atoms with Crippen molar-refractivity contribution in [2.24, 2.45) is 0 Å². The summed E-state index contributed by atoms with van der Waals surface area (Å²) in [5.74, 6) is -1.33. The summed E-state index contributed by atoms with van der Waals surface area (Å²) in [5.41, 5.74) is 0. The number of nitrogens with zero attached hydrogens (tertiary/aromatic N) is 2. The second-order valence-electron chi connectivity index (χ2n) is 3.81. The van der Waals surface area contributed by atoms with E-state index < -0.39 is 18.0 Å². The van der Waals surface area contributed by atoms with Crippen LogP contribution in [0.3, 0.4) is 0 Å². The highest BCUT2D eigenvalue weighted by Gasteiger charge is 2.20. The van der Waals surface area contributed by atoms with E-state index >= 15 is 0 Å². The van der Waals surface area contributed by atoms with E-state index in [1.807, 2.05) is 0 Å². The van der Waals surface area contributed by atoms with Crippen molar-refractivity contribution in [3.8, 4) is 0 Å². The molecular weight excluding hydrogens is 226 g/mol. The predicted octanol–water partition coefficient (Wildman–Crippen LogP) is -0.421. The minimum absolute atomic E-state index is 0.0678. The minimum Gasteiger partial charge on any atom is -0.480 e. The van der Waals surface area contributed by atoms with Gasteiger partial charge in [0.15, 0.2) is 0 Å². The van der Waals surface area contributed by atoms with Crippen LogP contribution in [-0.2, 0) is 9.59 Å². The lowest BCUT2D eigenvalue weighted by Gasteiger charge is -2.23. The van der Waals surface area contributed by atoms with E-state index in [1.165, 1.54) is 16.7 Å². The first-order valence-corrected chi connectivity index (χ1v) is 5.28. The Kier molecular flexibility index (Phi) is 6.01. The third kappa shape index (κ3) is 5.19. The average molecular weight is 245 g/mol. The number of carboxylic acids is 1. The van der Waals surface area contributed by atoms with E-state index in [0.717, 1.165) is 0 Å². The highest BCUT2D eigenvalue weighted by Crippen LogP contribution is 1.94. The molecule has 98 valence electrons. The van der Waals surface area contributed by atoms with Crippen LogP contribution in [0.4, 0.5) is 4.79 Å². The first-order chi connectivity index (χ1) is 7.79. The van der Waals surface area contributed by atoms with Crippen molar-refractivity contribution in [1.82, 2.24) is 15.1 Å². The summed E-state index contributed by atoms with van der Waals surface area (Å²) < 4.78 is 0. The Balaban J connectivity index is 4.41. The van der Waals surface area contributed by atoms with E-state index in [-0.39, 0.29) is 12.5 Å². The average Bonchev–Trinajstić information content (AvgIpc) is 2.24. The van der Waals surface area contributed by atoms with Gasteiger partial charge in [-0.2, -0.15) is 0 Å². The maximum atomic E-state index is 11.6. The molecule has 7 nitrogen and oxygen atoms in total. The standard InChI is InChI=1S/C10H19N3O4/c1-5-13(6-8(14)12(3)4)10(17)11-7(2)9(15)16/h7H,5-6H2,1-4H3,(H,11,17)(H,15,16)/t7-/m0/s1. The third-order valence-electron chi connectivity index (χ3n) is 2.20. The number of urea groups is 1. The van der Waals surface area contributed by atoms with Gasteiger partial charge in [0.2, 0.25) is 5.91 Å². The van der Waals surface area contributed by atoms with Crippen molar-refractivity contribution in [2.45, 2.75) is 19.9 Å². The summed E-state index contributed by atoms with van der Waals surface area (Å²) in [7, 11) is 3.18. The van der Waals surface area contributed by atoms with Gasteiger partial charge in [0, 0.05) is 20.6 Å². The summed E-state index contributed by atoms with van der Waals surface area (Å²) >= 11 is 0. The first-order valence-electron chi connectivity index (χ1n) is 5.28. The number of carboxylic acid groups (broad SMARTS) is 1. The van der Waals surface area contributed by atoms with Crippen LogP contribution in [0, 0.1) is 0 Å². The normalized spacial score (nSPS) is 11.5. The van der Waals surface area contributed by atoms with Crippen LogP contribution < -0.4 is 5.32 Å². The molecule has 0 saturated heterocycles. The summed E-state index contributed by atoms with van der Waals surface area (Å²) in [4.78, 5) is 36.2. The number of carbonyl (C=O) groups excluding carboxylic acids is 2. The van der Waals surface area contributed by atoms with Gasteiger partial charge >= 0.3 is 12.0 Å². The molecule has 0 heterocycles. The molecule has 0 bridgehead atoms. The molecule has 0 aromatic rings. The van der Waals surface area contributed by atoms with E-state index in [1.54, 1.807) is 21.0 Å². The molecule has 0 aromatic carbocycles. The first kappa shape index (κ1) is 15.2. The number of likely N-dealkylation sites (N-methyl/N-ethyl adjacent to an activating group) is 2. The number of amides is 3. The van der Waals surface area contributed by atoms with Crippen molar-refractivity contribution in [2.75, 3.05) is 27.2 Å². The van der Waals surface area contributed by atoms with Crippen LogP contribution in [0.25, 0.3) is 0 Å². The lowest BCUT2D eigenvalue weighted by Crippen LogP contribution is -2.49. The van der Waals surface area contributed by atoms with E-state index in [4.69, 9.17) is 5.11 Å². The highest BCUT2D eigenvalue weighted by atomic mass is 16.4. The molecule has 0 fully saturated rings. The molecule has 0 saturated carbocycles. The molecule has 17 heavy (non-hydrogen) atoms. The fraction of sp³-hybridized carbons (Fsp3) is 0.700. The number of carbonyl (C=O) groups is 3. The molecule has 0 aliphatic carbocycles. The Morgan fingerprint density at radius 1 is 1.29 bits per heavy atom. The molecule has 0 unspecified atom stereocenters. The Hall–Kier alpha value is -1.79. The van der Waals surface area contributed by atoms with E-state index in [0.29, 0.717) is 6.54 Å². The molecule has 0 aromatic heterocycles. The lowest BCUT2D eigenvalue weighted by atomic mass is 10.3. The van der Waals surface area contributed by atoms with Gasteiger partial charge < -0.3 is 20.2 Å². The van der Waals surface area contributed by atoms with Crippen molar-refractivity contribution >= 4 is 17.9 Å². The SMILES string of the molecule is CCN(CC(=O)N(C)C)C(=O)N[C@@H](C)C(=O)O. The van der Waals surface area contributed by atoms with Crippen LogP contribution in [0.5, 0.6) is 0 Å². The van der Waals surface area contributed by atoms with Gasteiger partial charge in [0.1, 0.15) is 12.6 Å². The quantitative estimate of drug-likeness (QED) is 0.688. The van der Waals surface area contributed by atoms with E-state index in [2.05, 4.69) is 5.32 Å². The van der Waals surface area contributed by atoms with Crippen molar-refractivity contribution in [1.29, 1.82) is 0 Å². The fourth-order valence-electron chi connectivity index (χ4n) is 0.970. The number of nitrogens with one attached hydrogen (secondary N) is 1. The lowest BCUT2D eigenvalue weighted by molar-refractivity contribution is -0.138. The predicted molar refractivity (Wildman–Crippen MR) is 61.6 cm³/mol. The topological polar surface area (TPSA) is 90.0 Å². The molecule has 3 amide bonds. The smallest absolute Gasteiger partial charge is 0.325 e. The van der Waals surface area contributed by atoms with Gasteiger partial charge in [0.05, 0.1) is 0 Å². The molecule has 0 radical (unpaired) electrons. The molecule has 0 aliphatic heterocycles. The van der Waals surface area contributed by atoms with Crippen molar-refractivity contribution in [3.63, 3.8) is 0 Å². The molecule has 2 N–H and O–H groups in total. The third-order valence-corrected chi connectivity index (χ3v) is 2.20. The number of hydrogen-bond donors (Lipinski definition) is 2. The second kappa shape index (κ2) is 6.72. The molecular formula is C10H19N3O4. The van der Waals surface area contributed by atoms with E-state index in [9.17, 15) is 14.4 Å². The fourth-order valence-corrected chi connectivity index (χ4v) is 0.970. The summed E-state index contributed by atoms with van der Waals surface area (Å²) in [6, 6.07) is -1.54. The van der Waals surface area contributed by atoms with Crippen LogP contribution in [0.1, 0.15) is 13.8 Å². The second-order valence-corrected chi connectivity index (χ2v) is 3.81. The van der Waals surface area contributed by atoms with Crippen LogP contribution in [0.2, 0.25) is 0 Å². The molecule has 1 atom stereocenters. The number of aliphatic carboxylic acids is 1. The molecule has 0 spiro atoms. The molecule has 0 aliphatic rings. The van der Waals surface area contributed by atoms with Crippen LogP contribution in [-0.4, -0.2) is 66.0 Å². The number of hydrogen-bond acceptors (Lipinski definition) is 3. The van der Waals surface area contributed by atoms with Gasteiger partial charge in [-0.25, -0.2) is 4.79 Å². The van der Waals surface area contributed by atoms with Gasteiger partial charge in [0.25, 0.3) is 0 Å². The van der Waals surface area contributed by atoms with Crippen LogP contribution in [0.15, 0.2) is 0 Å². The molecule has 0 rings (SSSR count). The zero-order valence-electron chi connectivity index (χ0n) is 10.6. The Bertz CT molecular complexity index is 304. The van der Waals surface area contributed by atoms with Gasteiger partial charge in [-0.05, 0) is 13.8 Å². The van der Waals surface area contributed by atoms with Crippen LogP contribution >= 0.6 is 0 Å². The largest absolute Gasteiger partial charge is 0.480 e. The van der Waals surface area contributed by atoms with Gasteiger partial charge in [-0.3, -0.25) is 9.59 Å². The Morgan fingerprint density at radius 2 is 1.82 bits per heavy atom. The minimum atomic E-state index is -1.12. The summed E-state index contributed by atoms with van der Waals surface area (Å²) in [6.45, 7) is 3.34.